The number of methoxy groups -OCH3 is 1. The van der Waals surface area contributed by atoms with Gasteiger partial charge in [0.2, 0.25) is 5.91 Å². The van der Waals surface area contributed by atoms with Crippen LogP contribution in [0, 0.1) is 20.2 Å². The van der Waals surface area contributed by atoms with Crippen LogP contribution in [0.4, 0.5) is 0 Å². The SMILES string of the molecule is COc1ccccc1OCCN(CC(COc1cccc2[nH]c3ccccc3c12)OC(=O)CCCCCO[N+](=O)[O-])C(=O)CCCCCO[N+](=O)[O-]. The molecule has 1 N–H and O–H groups in total. The number of carbonyl (C=O) groups is 2. The maximum atomic E-state index is 13.6. The molecule has 16 nitrogen and oxygen atoms in total. The minimum atomic E-state index is -0.866. The summed E-state index contributed by atoms with van der Waals surface area (Å²) >= 11 is 0. The van der Waals surface area contributed by atoms with Crippen molar-refractivity contribution in [2.75, 3.05) is 46.6 Å². The number of para-hydroxylation sites is 3. The normalized spacial score (nSPS) is 11.5. The van der Waals surface area contributed by atoms with Crippen molar-refractivity contribution in [2.45, 2.75) is 57.5 Å². The first-order chi connectivity index (χ1) is 25.2. The molecule has 0 saturated heterocycles. The Hall–Kier alpha value is -5.80. The molecule has 0 aliphatic rings. The van der Waals surface area contributed by atoms with Gasteiger partial charge in [0.05, 0.1) is 38.9 Å². The highest BCUT2D eigenvalue weighted by Gasteiger charge is 2.24. The Morgan fingerprint density at radius 1 is 0.731 bits per heavy atom. The standard InChI is InChI=1S/C36H44N4O12/c1-47-31-16-8-9-17-32(31)48-24-21-38(34(41)19-4-2-10-22-50-39(43)44)25-27(52-35(42)20-5-3-11-23-51-40(45)46)26-49-33-18-12-15-30-36(33)28-13-6-7-14-29(28)37-30/h6-9,12-18,27,37H,2-5,10-11,19-26H2,1H3. The van der Waals surface area contributed by atoms with Crippen molar-refractivity contribution in [1.82, 2.24) is 9.88 Å². The molecule has 1 atom stereocenters. The van der Waals surface area contributed by atoms with Crippen LogP contribution in [0.15, 0.2) is 66.7 Å². The van der Waals surface area contributed by atoms with Crippen molar-refractivity contribution >= 4 is 33.7 Å². The zero-order valence-corrected chi connectivity index (χ0v) is 29.1. The number of nitrogens with one attached hydrogen (secondary N) is 1. The summed E-state index contributed by atoms with van der Waals surface area (Å²) in [5.74, 6) is 0.900. The summed E-state index contributed by atoms with van der Waals surface area (Å²) in [6, 6.07) is 20.6. The molecule has 16 heteroatoms. The van der Waals surface area contributed by atoms with Crippen LogP contribution >= 0.6 is 0 Å². The van der Waals surface area contributed by atoms with E-state index < -0.39 is 22.2 Å². The highest BCUT2D eigenvalue weighted by atomic mass is 17.0. The molecule has 0 radical (unpaired) electrons. The molecule has 280 valence electrons. The Kier molecular flexibility index (Phi) is 15.6. The van der Waals surface area contributed by atoms with Crippen LogP contribution in [0.2, 0.25) is 0 Å². The average molecular weight is 725 g/mol. The van der Waals surface area contributed by atoms with Gasteiger partial charge >= 0.3 is 5.97 Å². The summed E-state index contributed by atoms with van der Waals surface area (Å²) in [7, 11) is 1.53. The lowest BCUT2D eigenvalue weighted by molar-refractivity contribution is -0.757. The van der Waals surface area contributed by atoms with Crippen LogP contribution in [-0.4, -0.2) is 84.7 Å². The monoisotopic (exact) mass is 724 g/mol. The quantitative estimate of drug-likeness (QED) is 0.0359. The topological polar surface area (TPSA) is 195 Å². The van der Waals surface area contributed by atoms with Gasteiger partial charge in [-0.25, -0.2) is 0 Å². The van der Waals surface area contributed by atoms with Crippen molar-refractivity contribution in [3.63, 3.8) is 0 Å². The van der Waals surface area contributed by atoms with E-state index in [-0.39, 0.29) is 58.3 Å². The molecule has 4 aromatic rings. The van der Waals surface area contributed by atoms with Gasteiger partial charge in [0.25, 0.3) is 10.2 Å². The number of ether oxygens (including phenoxy) is 4. The maximum Gasteiger partial charge on any atom is 0.306 e. The Morgan fingerprint density at radius 2 is 1.37 bits per heavy atom. The molecule has 0 fully saturated rings. The molecule has 0 spiro atoms. The third-order valence-corrected chi connectivity index (χ3v) is 8.13. The summed E-state index contributed by atoms with van der Waals surface area (Å²) in [6.45, 7) is 0.101. The van der Waals surface area contributed by atoms with E-state index in [1.165, 1.54) is 7.11 Å². The second kappa shape index (κ2) is 20.8. The molecule has 4 rings (SSSR count). The van der Waals surface area contributed by atoms with Gasteiger partial charge in [-0.15, -0.1) is 20.2 Å². The van der Waals surface area contributed by atoms with E-state index in [0.29, 0.717) is 55.8 Å². The number of aromatic nitrogens is 1. The Bertz CT molecular complexity index is 1760. The molecule has 0 aliphatic carbocycles. The summed E-state index contributed by atoms with van der Waals surface area (Å²) < 4.78 is 23.6. The number of H-pyrrole nitrogens is 1. The number of hydrogen-bond donors (Lipinski definition) is 1. The van der Waals surface area contributed by atoms with E-state index in [2.05, 4.69) is 14.7 Å². The van der Waals surface area contributed by atoms with Crippen molar-refractivity contribution in [2.24, 2.45) is 0 Å². The summed E-state index contributed by atoms with van der Waals surface area (Å²) in [5, 5.41) is 21.0. The van der Waals surface area contributed by atoms with Gasteiger partial charge < -0.3 is 38.5 Å². The molecule has 1 amide bonds. The third-order valence-electron chi connectivity index (χ3n) is 8.13. The van der Waals surface area contributed by atoms with Gasteiger partial charge in [0, 0.05) is 29.1 Å². The van der Waals surface area contributed by atoms with Gasteiger partial charge in [-0.3, -0.25) is 9.59 Å². The van der Waals surface area contributed by atoms with Crippen LogP contribution in [0.25, 0.3) is 21.8 Å². The largest absolute Gasteiger partial charge is 0.493 e. The van der Waals surface area contributed by atoms with Gasteiger partial charge in [-0.2, -0.15) is 0 Å². The molecular formula is C36H44N4O12. The first-order valence-corrected chi connectivity index (χ1v) is 17.1. The van der Waals surface area contributed by atoms with Crippen molar-refractivity contribution < 1.29 is 48.4 Å². The first kappa shape index (κ1) is 39.0. The fourth-order valence-electron chi connectivity index (χ4n) is 5.65. The molecular weight excluding hydrogens is 680 g/mol. The second-order valence-electron chi connectivity index (χ2n) is 11.8. The lowest BCUT2D eigenvalue weighted by Gasteiger charge is -2.28. The van der Waals surface area contributed by atoms with Gasteiger partial charge in [0.15, 0.2) is 17.6 Å². The van der Waals surface area contributed by atoms with Crippen LogP contribution in [-0.2, 0) is 24.0 Å². The van der Waals surface area contributed by atoms with E-state index >= 15 is 0 Å². The maximum absolute atomic E-state index is 13.6. The van der Waals surface area contributed by atoms with Crippen molar-refractivity contribution in [3.8, 4) is 17.2 Å². The Labute approximate surface area is 300 Å². The number of fused-ring (bicyclic) bond motifs is 3. The summed E-state index contributed by atoms with van der Waals surface area (Å²) in [6.07, 6.45) is 2.11. The smallest absolute Gasteiger partial charge is 0.306 e. The van der Waals surface area contributed by atoms with Crippen LogP contribution in [0.5, 0.6) is 17.2 Å². The van der Waals surface area contributed by atoms with Crippen molar-refractivity contribution in [1.29, 1.82) is 0 Å². The highest BCUT2D eigenvalue weighted by molar-refractivity contribution is 6.10. The number of amides is 1. The summed E-state index contributed by atoms with van der Waals surface area (Å²) in [4.78, 5) is 61.2. The van der Waals surface area contributed by atoms with Gasteiger partial charge in [-0.1, -0.05) is 49.2 Å². The lowest BCUT2D eigenvalue weighted by atomic mass is 10.1. The zero-order valence-electron chi connectivity index (χ0n) is 29.1. The fourth-order valence-corrected chi connectivity index (χ4v) is 5.65. The number of unbranched alkanes of at least 4 members (excludes halogenated alkanes) is 4. The number of nitrogens with zero attached hydrogens (tertiary/aromatic N) is 3. The number of hydrogen-bond acceptors (Lipinski definition) is 12. The fraction of sp³-hybridized carbons (Fsp3) is 0.444. The number of carbonyl (C=O) groups excluding carboxylic acids is 2. The first-order valence-electron chi connectivity index (χ1n) is 17.1. The molecule has 0 saturated carbocycles. The predicted molar refractivity (Wildman–Crippen MR) is 189 cm³/mol. The van der Waals surface area contributed by atoms with E-state index in [1.54, 1.807) is 23.1 Å². The predicted octanol–water partition coefficient (Wildman–Crippen LogP) is 6.07. The van der Waals surface area contributed by atoms with Crippen LogP contribution in [0.1, 0.15) is 51.4 Å². The molecule has 1 heterocycles. The number of esters is 1. The molecule has 0 bridgehead atoms. The van der Waals surface area contributed by atoms with E-state index in [4.69, 9.17) is 18.9 Å². The minimum Gasteiger partial charge on any atom is -0.493 e. The van der Waals surface area contributed by atoms with Crippen LogP contribution in [0.3, 0.4) is 0 Å². The second-order valence-corrected chi connectivity index (χ2v) is 11.8. The number of rotatable bonds is 25. The zero-order chi connectivity index (χ0) is 37.1. The summed E-state index contributed by atoms with van der Waals surface area (Å²) in [5.41, 5.74) is 1.82. The van der Waals surface area contributed by atoms with E-state index in [9.17, 15) is 29.8 Å². The number of aromatic amines is 1. The van der Waals surface area contributed by atoms with Crippen molar-refractivity contribution in [3.05, 3.63) is 87.0 Å². The molecule has 1 unspecified atom stereocenters. The molecule has 0 aliphatic heterocycles. The van der Waals surface area contributed by atoms with Crippen LogP contribution < -0.4 is 14.2 Å². The number of benzene rings is 3. The lowest BCUT2D eigenvalue weighted by Crippen LogP contribution is -2.43. The Balaban J connectivity index is 1.48. The van der Waals surface area contributed by atoms with Gasteiger partial charge in [-0.05, 0) is 56.0 Å². The molecule has 1 aromatic heterocycles. The Morgan fingerprint density at radius 3 is 2.08 bits per heavy atom. The van der Waals surface area contributed by atoms with Gasteiger partial charge in [0.1, 0.15) is 19.0 Å². The highest BCUT2D eigenvalue weighted by Crippen LogP contribution is 2.33. The average Bonchev–Trinajstić information content (AvgIpc) is 3.52. The van der Waals surface area contributed by atoms with E-state index in [1.807, 2.05) is 48.5 Å². The minimum absolute atomic E-state index is 0.00479. The third kappa shape index (κ3) is 12.5. The molecule has 52 heavy (non-hydrogen) atoms. The van der Waals surface area contributed by atoms with E-state index in [0.717, 1.165) is 21.8 Å². The molecule has 3 aromatic carbocycles.